The molecule has 1 saturated heterocycles. The van der Waals surface area contributed by atoms with Crippen LogP contribution in [0.15, 0.2) is 48.7 Å². The van der Waals surface area contributed by atoms with Crippen LogP contribution in [0.1, 0.15) is 43.4 Å². The Morgan fingerprint density at radius 1 is 1.00 bits per heavy atom. The van der Waals surface area contributed by atoms with E-state index in [1.807, 2.05) is 42.5 Å². The first kappa shape index (κ1) is 20.7. The molecule has 1 aliphatic carbocycles. The standard InChI is InChI=1S/C26H29N5O/c27-18-20-9-11-21(12-10-20)25-23(31-13-5-4-8-24(31)28-25)19-29-14-16-30(17-15-29)26(32)22-6-2-1-3-7-22/h4-5,8-13,22H,1-3,6-7,14-17,19H2. The first-order valence-corrected chi connectivity index (χ1v) is 11.7. The highest BCUT2D eigenvalue weighted by atomic mass is 16.2. The highest BCUT2D eigenvalue weighted by Crippen LogP contribution is 2.28. The number of pyridine rings is 1. The van der Waals surface area contributed by atoms with Crippen LogP contribution in [0.3, 0.4) is 0 Å². The van der Waals surface area contributed by atoms with Gasteiger partial charge in [0.25, 0.3) is 0 Å². The van der Waals surface area contributed by atoms with Crippen LogP contribution in [0, 0.1) is 17.2 Å². The average Bonchev–Trinajstić information content (AvgIpc) is 3.23. The fourth-order valence-corrected chi connectivity index (χ4v) is 5.08. The van der Waals surface area contributed by atoms with Gasteiger partial charge < -0.3 is 9.30 Å². The molecule has 164 valence electrons. The van der Waals surface area contributed by atoms with Gasteiger partial charge in [0.05, 0.1) is 23.0 Å². The summed E-state index contributed by atoms with van der Waals surface area (Å²) in [5, 5.41) is 9.12. The largest absolute Gasteiger partial charge is 0.340 e. The van der Waals surface area contributed by atoms with Gasteiger partial charge >= 0.3 is 0 Å². The molecule has 0 N–H and O–H groups in total. The number of nitriles is 1. The van der Waals surface area contributed by atoms with Gasteiger partial charge in [0.15, 0.2) is 0 Å². The lowest BCUT2D eigenvalue weighted by atomic mass is 9.88. The minimum Gasteiger partial charge on any atom is -0.340 e. The summed E-state index contributed by atoms with van der Waals surface area (Å²) in [7, 11) is 0. The maximum atomic E-state index is 12.9. The number of carbonyl (C=O) groups excluding carboxylic acids is 1. The van der Waals surface area contributed by atoms with Crippen molar-refractivity contribution in [2.75, 3.05) is 26.2 Å². The van der Waals surface area contributed by atoms with E-state index in [1.165, 1.54) is 19.3 Å². The van der Waals surface area contributed by atoms with Crippen molar-refractivity contribution in [1.29, 1.82) is 5.26 Å². The van der Waals surface area contributed by atoms with Gasteiger partial charge in [-0.15, -0.1) is 0 Å². The fourth-order valence-electron chi connectivity index (χ4n) is 5.08. The van der Waals surface area contributed by atoms with E-state index in [2.05, 4.69) is 26.5 Å². The van der Waals surface area contributed by atoms with Gasteiger partial charge in [0.2, 0.25) is 5.91 Å². The predicted octanol–water partition coefficient (Wildman–Crippen LogP) is 4.10. The third-order valence-corrected chi connectivity index (χ3v) is 6.93. The first-order chi connectivity index (χ1) is 15.7. The Labute approximate surface area is 189 Å². The second kappa shape index (κ2) is 9.13. The number of benzene rings is 1. The highest BCUT2D eigenvalue weighted by Gasteiger charge is 2.29. The first-order valence-electron chi connectivity index (χ1n) is 11.7. The van der Waals surface area contributed by atoms with Crippen LogP contribution in [-0.2, 0) is 11.3 Å². The molecule has 1 saturated carbocycles. The second-order valence-corrected chi connectivity index (χ2v) is 8.96. The molecule has 0 spiro atoms. The molecule has 0 atom stereocenters. The number of hydrogen-bond donors (Lipinski definition) is 0. The smallest absolute Gasteiger partial charge is 0.225 e. The number of hydrogen-bond acceptors (Lipinski definition) is 4. The summed E-state index contributed by atoms with van der Waals surface area (Å²) in [5.41, 5.74) is 4.71. The van der Waals surface area contributed by atoms with Crippen molar-refractivity contribution in [2.24, 2.45) is 5.92 Å². The van der Waals surface area contributed by atoms with Crippen LogP contribution < -0.4 is 0 Å². The number of aromatic nitrogens is 2. The third kappa shape index (κ3) is 4.13. The second-order valence-electron chi connectivity index (χ2n) is 8.96. The molecular formula is C26H29N5O. The molecule has 6 heteroatoms. The van der Waals surface area contributed by atoms with Crippen LogP contribution in [0.4, 0.5) is 0 Å². The van der Waals surface area contributed by atoms with Gasteiger partial charge in [-0.05, 0) is 37.1 Å². The minimum atomic E-state index is 0.247. The molecular weight excluding hydrogens is 398 g/mol. The van der Waals surface area contributed by atoms with Gasteiger partial charge in [-0.2, -0.15) is 5.26 Å². The van der Waals surface area contributed by atoms with Gasteiger partial charge in [-0.1, -0.05) is 37.5 Å². The van der Waals surface area contributed by atoms with Crippen LogP contribution in [-0.4, -0.2) is 51.3 Å². The van der Waals surface area contributed by atoms with Gasteiger partial charge in [0.1, 0.15) is 5.65 Å². The molecule has 5 rings (SSSR count). The molecule has 0 unspecified atom stereocenters. The van der Waals surface area contributed by atoms with Crippen molar-refractivity contribution in [2.45, 2.75) is 38.6 Å². The molecule has 2 fully saturated rings. The van der Waals surface area contributed by atoms with Crippen LogP contribution in [0.5, 0.6) is 0 Å². The third-order valence-electron chi connectivity index (χ3n) is 6.93. The van der Waals surface area contributed by atoms with E-state index >= 15 is 0 Å². The lowest BCUT2D eigenvalue weighted by molar-refractivity contribution is -0.138. The van der Waals surface area contributed by atoms with Crippen molar-refractivity contribution in [3.63, 3.8) is 0 Å². The molecule has 2 aromatic heterocycles. The molecule has 6 nitrogen and oxygen atoms in total. The Morgan fingerprint density at radius 3 is 2.47 bits per heavy atom. The summed E-state index contributed by atoms with van der Waals surface area (Å²) in [6.45, 7) is 4.15. The zero-order valence-corrected chi connectivity index (χ0v) is 18.4. The number of rotatable bonds is 4. The molecule has 0 radical (unpaired) electrons. The zero-order chi connectivity index (χ0) is 21.9. The van der Waals surface area contributed by atoms with Crippen molar-refractivity contribution >= 4 is 11.6 Å². The maximum absolute atomic E-state index is 12.9. The number of imidazole rings is 1. The van der Waals surface area contributed by atoms with Crippen molar-refractivity contribution in [3.8, 4) is 17.3 Å². The fraction of sp³-hybridized carbons (Fsp3) is 0.423. The summed E-state index contributed by atoms with van der Waals surface area (Å²) < 4.78 is 2.16. The molecule has 3 aromatic rings. The monoisotopic (exact) mass is 427 g/mol. The summed E-state index contributed by atoms with van der Waals surface area (Å²) in [5.74, 6) is 0.620. The molecule has 1 aromatic carbocycles. The van der Waals surface area contributed by atoms with E-state index in [-0.39, 0.29) is 5.92 Å². The van der Waals surface area contributed by atoms with Crippen molar-refractivity contribution in [1.82, 2.24) is 19.2 Å². The topological polar surface area (TPSA) is 64.6 Å². The van der Waals surface area contributed by atoms with E-state index < -0.39 is 0 Å². The Kier molecular flexibility index (Phi) is 5.91. The maximum Gasteiger partial charge on any atom is 0.225 e. The minimum absolute atomic E-state index is 0.247. The number of piperazine rings is 1. The Bertz CT molecular complexity index is 1130. The van der Waals surface area contributed by atoms with E-state index in [1.54, 1.807) is 0 Å². The molecule has 1 amide bonds. The quantitative estimate of drug-likeness (QED) is 0.629. The Morgan fingerprint density at radius 2 is 1.75 bits per heavy atom. The van der Waals surface area contributed by atoms with E-state index in [0.29, 0.717) is 11.5 Å². The predicted molar refractivity (Wildman–Crippen MR) is 124 cm³/mol. The normalized spacial score (nSPS) is 18.0. The summed E-state index contributed by atoms with van der Waals surface area (Å²) in [6.07, 6.45) is 7.86. The van der Waals surface area contributed by atoms with Crippen LogP contribution in [0.2, 0.25) is 0 Å². The van der Waals surface area contributed by atoms with Gasteiger partial charge in [-0.25, -0.2) is 4.98 Å². The Balaban J connectivity index is 1.33. The number of fused-ring (bicyclic) bond motifs is 1. The summed E-state index contributed by atoms with van der Waals surface area (Å²) in [4.78, 5) is 22.3. The van der Waals surface area contributed by atoms with Crippen molar-refractivity contribution in [3.05, 3.63) is 59.9 Å². The average molecular weight is 428 g/mol. The number of carbonyl (C=O) groups is 1. The summed E-state index contributed by atoms with van der Waals surface area (Å²) >= 11 is 0. The lowest BCUT2D eigenvalue weighted by Gasteiger charge is -2.37. The Hall–Kier alpha value is -3.17. The van der Waals surface area contributed by atoms with Gasteiger partial charge in [-0.3, -0.25) is 9.69 Å². The number of amides is 1. The van der Waals surface area contributed by atoms with Crippen LogP contribution >= 0.6 is 0 Å². The zero-order valence-electron chi connectivity index (χ0n) is 18.4. The van der Waals surface area contributed by atoms with E-state index in [0.717, 1.165) is 68.2 Å². The molecule has 3 heterocycles. The van der Waals surface area contributed by atoms with E-state index in [9.17, 15) is 4.79 Å². The SMILES string of the molecule is N#Cc1ccc(-c2nc3ccccn3c2CN2CCN(C(=O)C3CCCCC3)CC2)cc1. The molecule has 0 bridgehead atoms. The molecule has 32 heavy (non-hydrogen) atoms. The number of nitrogens with zero attached hydrogens (tertiary/aromatic N) is 5. The highest BCUT2D eigenvalue weighted by molar-refractivity contribution is 5.79. The lowest BCUT2D eigenvalue weighted by Crippen LogP contribution is -2.50. The van der Waals surface area contributed by atoms with E-state index in [4.69, 9.17) is 10.2 Å². The summed E-state index contributed by atoms with van der Waals surface area (Å²) in [6, 6.07) is 15.9. The van der Waals surface area contributed by atoms with Crippen molar-refractivity contribution < 1.29 is 4.79 Å². The molecule has 2 aliphatic rings. The van der Waals surface area contributed by atoms with Crippen LogP contribution in [0.25, 0.3) is 16.9 Å². The van der Waals surface area contributed by atoms with Gasteiger partial charge in [0, 0.05) is 50.4 Å². The molecule has 1 aliphatic heterocycles.